The number of esters is 2. The molecular formula is C19H25NO6. The van der Waals surface area contributed by atoms with E-state index in [9.17, 15) is 14.4 Å². The molecule has 7 heteroatoms. The zero-order valence-corrected chi connectivity index (χ0v) is 15.8. The van der Waals surface area contributed by atoms with Crippen LogP contribution in [0.1, 0.15) is 38.7 Å². The van der Waals surface area contributed by atoms with Crippen LogP contribution in [0.25, 0.3) is 0 Å². The maximum absolute atomic E-state index is 12.6. The smallest absolute Gasteiger partial charge is 0.414 e. The fourth-order valence-corrected chi connectivity index (χ4v) is 3.12. The molecule has 0 aliphatic carbocycles. The summed E-state index contributed by atoms with van der Waals surface area (Å²) in [5.41, 5.74) is 0.713. The van der Waals surface area contributed by atoms with Crippen molar-refractivity contribution in [3.8, 4) is 0 Å². The average Bonchev–Trinajstić information content (AvgIpc) is 2.59. The summed E-state index contributed by atoms with van der Waals surface area (Å²) < 4.78 is 15.1. The summed E-state index contributed by atoms with van der Waals surface area (Å²) in [5.74, 6) is -2.82. The third-order valence-corrected chi connectivity index (χ3v) is 4.22. The van der Waals surface area contributed by atoms with Crippen molar-refractivity contribution in [2.75, 3.05) is 25.7 Å². The molecule has 0 N–H and O–H groups in total. The minimum absolute atomic E-state index is 0.321. The fraction of sp³-hybridized carbons (Fsp3) is 0.526. The van der Waals surface area contributed by atoms with Crippen LogP contribution in [-0.4, -0.2) is 44.4 Å². The van der Waals surface area contributed by atoms with Gasteiger partial charge >= 0.3 is 18.0 Å². The van der Waals surface area contributed by atoms with Crippen LogP contribution in [-0.2, 0) is 23.8 Å². The van der Waals surface area contributed by atoms with Gasteiger partial charge in [0.15, 0.2) is 5.92 Å². The Kier molecular flexibility index (Phi) is 5.90. The van der Waals surface area contributed by atoms with Crippen LogP contribution in [0.3, 0.4) is 0 Å². The molecule has 7 nitrogen and oxygen atoms in total. The largest absolute Gasteiger partial charge is 0.468 e. The van der Waals surface area contributed by atoms with Crippen molar-refractivity contribution < 1.29 is 28.6 Å². The topological polar surface area (TPSA) is 82.1 Å². The number of anilines is 1. The quantitative estimate of drug-likeness (QED) is 0.467. The summed E-state index contributed by atoms with van der Waals surface area (Å²) in [4.78, 5) is 38.5. The molecule has 1 aromatic rings. The normalized spacial score (nSPS) is 16.7. The number of para-hydroxylation sites is 1. The Morgan fingerprint density at radius 2 is 1.65 bits per heavy atom. The number of benzene rings is 1. The summed E-state index contributed by atoms with van der Waals surface area (Å²) in [7, 11) is 2.47. The monoisotopic (exact) mass is 363 g/mol. The van der Waals surface area contributed by atoms with Gasteiger partial charge in [0, 0.05) is 12.5 Å². The van der Waals surface area contributed by atoms with Crippen molar-refractivity contribution in [2.45, 2.75) is 38.7 Å². The number of nitrogens with zero attached hydrogens (tertiary/aromatic N) is 1. The minimum atomic E-state index is -1.08. The van der Waals surface area contributed by atoms with Crippen molar-refractivity contribution in [3.63, 3.8) is 0 Å². The molecule has 1 atom stereocenters. The van der Waals surface area contributed by atoms with Gasteiger partial charge < -0.3 is 14.2 Å². The van der Waals surface area contributed by atoms with Crippen LogP contribution in [0.2, 0.25) is 0 Å². The van der Waals surface area contributed by atoms with E-state index in [2.05, 4.69) is 0 Å². The third-order valence-electron chi connectivity index (χ3n) is 4.22. The number of rotatable bonds is 3. The molecule has 26 heavy (non-hydrogen) atoms. The molecule has 1 amide bonds. The van der Waals surface area contributed by atoms with Crippen LogP contribution in [0.5, 0.6) is 0 Å². The first-order valence-electron chi connectivity index (χ1n) is 8.44. The number of carbonyl (C=O) groups excluding carboxylic acids is 3. The molecule has 0 spiro atoms. The highest BCUT2D eigenvalue weighted by molar-refractivity contribution is 5.97. The molecule has 0 saturated carbocycles. The first-order chi connectivity index (χ1) is 12.2. The van der Waals surface area contributed by atoms with Crippen LogP contribution >= 0.6 is 0 Å². The van der Waals surface area contributed by atoms with E-state index < -0.39 is 35.5 Å². The fourth-order valence-electron chi connectivity index (χ4n) is 3.12. The third kappa shape index (κ3) is 4.15. The van der Waals surface area contributed by atoms with Gasteiger partial charge in [-0.2, -0.15) is 0 Å². The molecule has 1 aromatic carbocycles. The maximum atomic E-state index is 12.6. The van der Waals surface area contributed by atoms with Gasteiger partial charge in [-0.25, -0.2) is 4.79 Å². The number of amides is 1. The molecule has 0 fully saturated rings. The predicted octanol–water partition coefficient (Wildman–Crippen LogP) is 2.88. The van der Waals surface area contributed by atoms with Crippen molar-refractivity contribution in [1.29, 1.82) is 0 Å². The molecule has 1 aliphatic heterocycles. The number of fused-ring (bicyclic) bond motifs is 1. The molecule has 0 radical (unpaired) electrons. The molecular weight excluding hydrogens is 338 g/mol. The second-order valence-electron chi connectivity index (χ2n) is 7.11. The predicted molar refractivity (Wildman–Crippen MR) is 94.9 cm³/mol. The molecule has 1 heterocycles. The zero-order chi connectivity index (χ0) is 19.5. The summed E-state index contributed by atoms with van der Waals surface area (Å²) in [5, 5.41) is 0. The standard InChI is InChI=1S/C19H25NO6/c1-19(2,3)26-18(23)20-11-10-13(12-8-6-7-9-14(12)20)15(16(21)24-4)17(22)25-5/h6-9,13,15H,10-11H2,1-5H3/t13-/m0/s1. The van der Waals surface area contributed by atoms with E-state index in [-0.39, 0.29) is 0 Å². The van der Waals surface area contributed by atoms with Gasteiger partial charge in [0.25, 0.3) is 0 Å². The summed E-state index contributed by atoms with van der Waals surface area (Å²) in [6.07, 6.45) is -0.0541. The number of carbonyl (C=O) groups is 3. The van der Waals surface area contributed by atoms with Gasteiger partial charge in [0.2, 0.25) is 0 Å². The summed E-state index contributed by atoms with van der Waals surface area (Å²) in [6.45, 7) is 5.72. The highest BCUT2D eigenvalue weighted by Gasteiger charge is 2.42. The lowest BCUT2D eigenvalue weighted by molar-refractivity contribution is -0.160. The van der Waals surface area contributed by atoms with Crippen LogP contribution < -0.4 is 4.90 Å². The molecule has 0 saturated heterocycles. The van der Waals surface area contributed by atoms with Gasteiger partial charge in [-0.3, -0.25) is 14.5 Å². The lowest BCUT2D eigenvalue weighted by atomic mass is 9.80. The molecule has 0 unspecified atom stereocenters. The highest BCUT2D eigenvalue weighted by Crippen LogP contribution is 2.41. The number of hydrogen-bond donors (Lipinski definition) is 0. The summed E-state index contributed by atoms with van der Waals surface area (Å²) >= 11 is 0. The Labute approximate surface area is 153 Å². The van der Waals surface area contributed by atoms with Gasteiger partial charge in [0.1, 0.15) is 5.60 Å². The lowest BCUT2D eigenvalue weighted by Gasteiger charge is -2.36. The van der Waals surface area contributed by atoms with E-state index in [1.54, 1.807) is 45.0 Å². The Hall–Kier alpha value is -2.57. The number of hydrogen-bond acceptors (Lipinski definition) is 6. The van der Waals surface area contributed by atoms with Crippen molar-refractivity contribution >= 4 is 23.7 Å². The summed E-state index contributed by atoms with van der Waals surface area (Å²) in [6, 6.07) is 7.17. The second kappa shape index (κ2) is 7.76. The van der Waals surface area contributed by atoms with Crippen molar-refractivity contribution in [1.82, 2.24) is 0 Å². The minimum Gasteiger partial charge on any atom is -0.468 e. The first kappa shape index (κ1) is 19.8. The van der Waals surface area contributed by atoms with E-state index in [1.165, 1.54) is 19.1 Å². The number of methoxy groups -OCH3 is 2. The lowest BCUT2D eigenvalue weighted by Crippen LogP contribution is -2.43. The average molecular weight is 363 g/mol. The molecule has 142 valence electrons. The molecule has 0 bridgehead atoms. The van der Waals surface area contributed by atoms with Crippen LogP contribution in [0, 0.1) is 5.92 Å². The Bertz CT molecular complexity index is 678. The highest BCUT2D eigenvalue weighted by atomic mass is 16.6. The van der Waals surface area contributed by atoms with Crippen molar-refractivity contribution in [2.24, 2.45) is 5.92 Å². The molecule has 1 aliphatic rings. The SMILES string of the molecule is COC(=O)C(C(=O)OC)[C@H]1CCN(C(=O)OC(C)(C)C)c2ccccc21. The van der Waals surface area contributed by atoms with Gasteiger partial charge in [0.05, 0.1) is 19.9 Å². The van der Waals surface area contributed by atoms with E-state index >= 15 is 0 Å². The van der Waals surface area contributed by atoms with Gasteiger partial charge in [-0.1, -0.05) is 18.2 Å². The Morgan fingerprint density at radius 3 is 2.19 bits per heavy atom. The van der Waals surface area contributed by atoms with Crippen LogP contribution in [0.4, 0.5) is 10.5 Å². The van der Waals surface area contributed by atoms with Gasteiger partial charge in [-0.15, -0.1) is 0 Å². The Morgan fingerprint density at radius 1 is 1.08 bits per heavy atom. The van der Waals surface area contributed by atoms with Crippen LogP contribution in [0.15, 0.2) is 24.3 Å². The van der Waals surface area contributed by atoms with E-state index in [4.69, 9.17) is 14.2 Å². The second-order valence-corrected chi connectivity index (χ2v) is 7.11. The maximum Gasteiger partial charge on any atom is 0.414 e. The molecule has 0 aromatic heterocycles. The number of ether oxygens (including phenoxy) is 3. The van der Waals surface area contributed by atoms with E-state index in [0.29, 0.717) is 24.2 Å². The molecule has 2 rings (SSSR count). The first-order valence-corrected chi connectivity index (χ1v) is 8.44. The van der Waals surface area contributed by atoms with Crippen molar-refractivity contribution in [3.05, 3.63) is 29.8 Å². The van der Waals surface area contributed by atoms with E-state index in [0.717, 1.165) is 0 Å². The van der Waals surface area contributed by atoms with E-state index in [1.807, 2.05) is 0 Å². The Balaban J connectivity index is 2.41. The van der Waals surface area contributed by atoms with Gasteiger partial charge in [-0.05, 0) is 38.8 Å². The zero-order valence-electron chi connectivity index (χ0n) is 15.8.